The Hall–Kier alpha value is -1.42. The second-order valence-corrected chi connectivity index (χ2v) is 8.29. The molecule has 1 fully saturated rings. The number of rotatable bonds is 6. The van der Waals surface area contributed by atoms with Crippen molar-refractivity contribution in [3.63, 3.8) is 0 Å². The van der Waals surface area contributed by atoms with Gasteiger partial charge in [0.15, 0.2) is 0 Å². The first-order valence-corrected chi connectivity index (χ1v) is 10.4. The zero-order valence-electron chi connectivity index (χ0n) is 16.3. The van der Waals surface area contributed by atoms with Gasteiger partial charge in [-0.25, -0.2) is 0 Å². The lowest BCUT2D eigenvalue weighted by Crippen LogP contribution is -2.47. The van der Waals surface area contributed by atoms with Crippen LogP contribution in [-0.2, 0) is 0 Å². The molecule has 146 valence electrons. The van der Waals surface area contributed by atoms with Crippen LogP contribution in [0.2, 0.25) is 10.0 Å². The third-order valence-electron chi connectivity index (χ3n) is 5.10. The zero-order valence-corrected chi connectivity index (χ0v) is 17.9. The van der Waals surface area contributed by atoms with Gasteiger partial charge in [-0.2, -0.15) is 0 Å². The lowest BCUT2D eigenvalue weighted by molar-refractivity contribution is 0.199. The Balaban J connectivity index is 1.49. The molecule has 0 aliphatic carbocycles. The number of halogens is 2. The maximum atomic E-state index is 6.15. The van der Waals surface area contributed by atoms with Gasteiger partial charge in [-0.15, -0.1) is 0 Å². The fourth-order valence-electron chi connectivity index (χ4n) is 3.44. The van der Waals surface area contributed by atoms with Gasteiger partial charge in [0.25, 0.3) is 0 Å². The van der Waals surface area contributed by atoms with Crippen molar-refractivity contribution in [3.05, 3.63) is 57.6 Å². The third-order valence-corrected chi connectivity index (χ3v) is 5.84. The maximum Gasteiger partial charge on any atom is 0.123 e. The summed E-state index contributed by atoms with van der Waals surface area (Å²) in [6, 6.07) is 12.4. The van der Waals surface area contributed by atoms with Crippen LogP contribution in [0, 0.1) is 6.92 Å². The Kier molecular flexibility index (Phi) is 6.91. The topological polar surface area (TPSA) is 15.7 Å². The number of hydrogen-bond acceptors (Lipinski definition) is 3. The number of benzene rings is 2. The van der Waals surface area contributed by atoms with E-state index in [9.17, 15) is 0 Å². The number of anilines is 1. The average molecular weight is 407 g/mol. The summed E-state index contributed by atoms with van der Waals surface area (Å²) in [5.74, 6) is 1.50. The normalized spacial score (nSPS) is 15.4. The minimum Gasteiger partial charge on any atom is -0.492 e. The van der Waals surface area contributed by atoms with Gasteiger partial charge in [-0.1, -0.05) is 49.2 Å². The summed E-state index contributed by atoms with van der Waals surface area (Å²) < 4.78 is 6.14. The Morgan fingerprint density at radius 1 is 0.963 bits per heavy atom. The standard InChI is InChI=1S/C22H28Cl2N2O/c1-16(2)19-6-4-17(3)14-22(19)27-13-12-25-8-10-26(11-9-25)18-5-7-20(23)21(24)15-18/h4-7,14-16H,8-13H2,1-3H3. The first-order valence-electron chi connectivity index (χ1n) is 9.59. The Morgan fingerprint density at radius 2 is 1.70 bits per heavy atom. The fourth-order valence-corrected chi connectivity index (χ4v) is 3.73. The largest absolute Gasteiger partial charge is 0.492 e. The highest BCUT2D eigenvalue weighted by molar-refractivity contribution is 6.42. The van der Waals surface area contributed by atoms with Crippen LogP contribution >= 0.6 is 23.2 Å². The van der Waals surface area contributed by atoms with Crippen molar-refractivity contribution in [2.45, 2.75) is 26.7 Å². The van der Waals surface area contributed by atoms with Crippen molar-refractivity contribution in [1.82, 2.24) is 4.90 Å². The molecular weight excluding hydrogens is 379 g/mol. The van der Waals surface area contributed by atoms with Crippen LogP contribution in [0.5, 0.6) is 5.75 Å². The van der Waals surface area contributed by atoms with E-state index in [0.717, 1.165) is 50.8 Å². The smallest absolute Gasteiger partial charge is 0.123 e. The van der Waals surface area contributed by atoms with Gasteiger partial charge in [0, 0.05) is 38.4 Å². The molecule has 0 radical (unpaired) electrons. The van der Waals surface area contributed by atoms with Gasteiger partial charge in [0.2, 0.25) is 0 Å². The van der Waals surface area contributed by atoms with Gasteiger partial charge in [0.1, 0.15) is 12.4 Å². The molecule has 0 spiro atoms. The van der Waals surface area contributed by atoms with Crippen LogP contribution in [0.1, 0.15) is 30.9 Å². The van der Waals surface area contributed by atoms with Gasteiger partial charge in [-0.3, -0.25) is 4.90 Å². The van der Waals surface area contributed by atoms with Crippen LogP contribution in [0.4, 0.5) is 5.69 Å². The molecule has 1 saturated heterocycles. The van der Waals surface area contributed by atoms with Crippen LogP contribution in [0.15, 0.2) is 36.4 Å². The summed E-state index contributed by atoms with van der Waals surface area (Å²) in [6.45, 7) is 12.2. The molecule has 0 atom stereocenters. The number of ether oxygens (including phenoxy) is 1. The zero-order chi connectivity index (χ0) is 19.4. The van der Waals surface area contributed by atoms with Crippen LogP contribution in [0.25, 0.3) is 0 Å². The SMILES string of the molecule is Cc1ccc(C(C)C)c(OCCN2CCN(c3ccc(Cl)c(Cl)c3)CC2)c1. The maximum absolute atomic E-state index is 6.15. The molecule has 0 N–H and O–H groups in total. The molecule has 0 saturated carbocycles. The van der Waals surface area contributed by atoms with Crippen molar-refractivity contribution in [3.8, 4) is 5.75 Å². The van der Waals surface area contributed by atoms with Crippen LogP contribution < -0.4 is 9.64 Å². The van der Waals surface area contributed by atoms with Crippen molar-refractivity contribution in [2.24, 2.45) is 0 Å². The number of hydrogen-bond donors (Lipinski definition) is 0. The van der Waals surface area contributed by atoms with Crippen molar-refractivity contribution in [2.75, 3.05) is 44.2 Å². The number of nitrogens with zero attached hydrogens (tertiary/aromatic N) is 2. The van der Waals surface area contributed by atoms with E-state index in [0.29, 0.717) is 16.0 Å². The highest BCUT2D eigenvalue weighted by atomic mass is 35.5. The first kappa shape index (κ1) is 20.3. The Morgan fingerprint density at radius 3 is 2.37 bits per heavy atom. The monoisotopic (exact) mass is 406 g/mol. The highest BCUT2D eigenvalue weighted by Gasteiger charge is 2.18. The summed E-state index contributed by atoms with van der Waals surface area (Å²) in [4.78, 5) is 4.82. The van der Waals surface area contributed by atoms with E-state index in [1.54, 1.807) is 0 Å². The molecule has 0 unspecified atom stereocenters. The second kappa shape index (κ2) is 9.18. The molecule has 0 aromatic heterocycles. The summed E-state index contributed by atoms with van der Waals surface area (Å²) >= 11 is 12.2. The van der Waals surface area contributed by atoms with Gasteiger partial charge < -0.3 is 9.64 Å². The Bertz CT molecular complexity index is 771. The van der Waals surface area contributed by atoms with E-state index in [1.807, 2.05) is 18.2 Å². The van der Waals surface area contributed by atoms with Crippen LogP contribution in [-0.4, -0.2) is 44.2 Å². The molecule has 1 heterocycles. The molecular formula is C22H28Cl2N2O. The molecule has 27 heavy (non-hydrogen) atoms. The molecule has 2 aromatic rings. The fraction of sp³-hybridized carbons (Fsp3) is 0.455. The highest BCUT2D eigenvalue weighted by Crippen LogP contribution is 2.29. The molecule has 0 bridgehead atoms. The number of piperazine rings is 1. The van der Waals surface area contributed by atoms with Gasteiger partial charge in [0.05, 0.1) is 10.0 Å². The minimum atomic E-state index is 0.468. The average Bonchev–Trinajstić information content (AvgIpc) is 2.64. The third kappa shape index (κ3) is 5.31. The lowest BCUT2D eigenvalue weighted by atomic mass is 10.0. The van der Waals surface area contributed by atoms with E-state index in [1.165, 1.54) is 11.1 Å². The molecule has 2 aromatic carbocycles. The van der Waals surface area contributed by atoms with Crippen molar-refractivity contribution in [1.29, 1.82) is 0 Å². The van der Waals surface area contributed by atoms with E-state index in [2.05, 4.69) is 48.8 Å². The minimum absolute atomic E-state index is 0.468. The van der Waals surface area contributed by atoms with E-state index < -0.39 is 0 Å². The quantitative estimate of drug-likeness (QED) is 0.618. The first-order chi connectivity index (χ1) is 12.9. The van der Waals surface area contributed by atoms with Gasteiger partial charge >= 0.3 is 0 Å². The van der Waals surface area contributed by atoms with E-state index in [4.69, 9.17) is 27.9 Å². The lowest BCUT2D eigenvalue weighted by Gasteiger charge is -2.36. The van der Waals surface area contributed by atoms with E-state index >= 15 is 0 Å². The predicted molar refractivity (Wildman–Crippen MR) is 116 cm³/mol. The molecule has 5 heteroatoms. The van der Waals surface area contributed by atoms with E-state index in [-0.39, 0.29) is 0 Å². The van der Waals surface area contributed by atoms with Gasteiger partial charge in [-0.05, 0) is 48.2 Å². The summed E-state index contributed by atoms with van der Waals surface area (Å²) in [5, 5.41) is 1.22. The Labute approximate surface area is 172 Å². The molecule has 3 nitrogen and oxygen atoms in total. The predicted octanol–water partition coefficient (Wildman–Crippen LogP) is 5.63. The molecule has 1 aliphatic rings. The van der Waals surface area contributed by atoms with Crippen molar-refractivity contribution < 1.29 is 4.74 Å². The molecule has 3 rings (SSSR count). The second-order valence-electron chi connectivity index (χ2n) is 7.47. The molecule has 0 amide bonds. The number of aryl methyl sites for hydroxylation is 1. The summed E-state index contributed by atoms with van der Waals surface area (Å²) in [7, 11) is 0. The summed E-state index contributed by atoms with van der Waals surface area (Å²) in [6.07, 6.45) is 0. The molecule has 1 aliphatic heterocycles. The summed E-state index contributed by atoms with van der Waals surface area (Å²) in [5.41, 5.74) is 3.66. The van der Waals surface area contributed by atoms with Crippen LogP contribution in [0.3, 0.4) is 0 Å². The van der Waals surface area contributed by atoms with Crippen molar-refractivity contribution >= 4 is 28.9 Å².